The first-order valence-electron chi connectivity index (χ1n) is 3.93. The van der Waals surface area contributed by atoms with E-state index in [-0.39, 0.29) is 0 Å². The zero-order chi connectivity index (χ0) is 10.6. The summed E-state index contributed by atoms with van der Waals surface area (Å²) in [5.41, 5.74) is 1.99. The molecule has 2 aromatic heterocycles. The van der Waals surface area contributed by atoms with Crippen LogP contribution < -0.4 is 0 Å². The fourth-order valence-electron chi connectivity index (χ4n) is 0.711. The maximum atomic E-state index is 5.65. The van der Waals surface area contributed by atoms with Crippen molar-refractivity contribution in [1.82, 2.24) is 20.4 Å². The summed E-state index contributed by atoms with van der Waals surface area (Å²) in [6.07, 6.45) is 1.73. The monoisotopic (exact) mass is 276 g/mol. The largest absolute Gasteiger partial charge is 0.283 e. The molecule has 0 aliphatic rings. The Morgan fingerprint density at radius 1 is 1.36 bits per heavy atom. The lowest BCUT2D eigenvalue weighted by Crippen LogP contribution is -1.67. The number of nitrogens with zero attached hydrogens (tertiary/aromatic N) is 2. The maximum Gasteiger partial charge on any atom is 0.146 e. The Morgan fingerprint density at radius 3 is 2.21 bits per heavy atom. The molecule has 0 unspecified atom stereocenters. The molecule has 2 N–H and O–H groups in total. The second kappa shape index (κ2) is 5.17. The van der Waals surface area contributed by atoms with E-state index in [0.717, 1.165) is 11.4 Å². The predicted molar refractivity (Wildman–Crippen MR) is 59.4 cm³/mol. The summed E-state index contributed by atoms with van der Waals surface area (Å²) in [6.45, 7) is 3.83. The van der Waals surface area contributed by atoms with Crippen molar-refractivity contribution < 1.29 is 0 Å². The van der Waals surface area contributed by atoms with Gasteiger partial charge in [0.25, 0.3) is 0 Å². The van der Waals surface area contributed by atoms with Crippen molar-refractivity contribution in [3.8, 4) is 0 Å². The fraction of sp³-hybridized carbons (Fsp3) is 0.250. The highest BCUT2D eigenvalue weighted by molar-refractivity contribution is 9.10. The highest BCUT2D eigenvalue weighted by atomic mass is 79.9. The number of H-pyrrole nitrogens is 2. The Kier molecular flexibility index (Phi) is 4.16. The number of rotatable bonds is 0. The first kappa shape index (κ1) is 11.3. The van der Waals surface area contributed by atoms with Crippen molar-refractivity contribution in [2.24, 2.45) is 0 Å². The van der Waals surface area contributed by atoms with Crippen LogP contribution in [0.2, 0.25) is 5.02 Å². The van der Waals surface area contributed by atoms with Gasteiger partial charge in [-0.1, -0.05) is 11.6 Å². The van der Waals surface area contributed by atoms with Crippen LogP contribution in [0.25, 0.3) is 0 Å². The van der Waals surface area contributed by atoms with Crippen molar-refractivity contribution in [1.29, 1.82) is 0 Å². The Morgan fingerprint density at radius 2 is 2.07 bits per heavy atom. The van der Waals surface area contributed by atoms with E-state index in [4.69, 9.17) is 11.6 Å². The van der Waals surface area contributed by atoms with Gasteiger partial charge in [-0.3, -0.25) is 10.2 Å². The van der Waals surface area contributed by atoms with Crippen LogP contribution in [-0.4, -0.2) is 20.4 Å². The Hall–Kier alpha value is -0.810. The average Bonchev–Trinajstić information content (AvgIpc) is 2.73. The molecular formula is C8H10BrClN4. The lowest BCUT2D eigenvalue weighted by Gasteiger charge is -1.79. The predicted octanol–water partition coefficient (Wildman–Crippen LogP) is 2.85. The first-order chi connectivity index (χ1) is 6.61. The molecule has 0 aromatic carbocycles. The summed E-state index contributed by atoms with van der Waals surface area (Å²) in [5, 5.41) is 13.6. The third-order valence-electron chi connectivity index (χ3n) is 1.47. The molecule has 2 rings (SSSR count). The van der Waals surface area contributed by atoms with Crippen LogP contribution in [0, 0.1) is 13.8 Å². The molecule has 0 atom stereocenters. The number of aromatic nitrogens is 4. The summed E-state index contributed by atoms with van der Waals surface area (Å²) in [7, 11) is 0. The highest BCUT2D eigenvalue weighted by Gasteiger charge is 2.01. The zero-order valence-electron chi connectivity index (χ0n) is 7.81. The van der Waals surface area contributed by atoms with Gasteiger partial charge in [-0.25, -0.2) is 0 Å². The van der Waals surface area contributed by atoms with Crippen LogP contribution in [0.4, 0.5) is 0 Å². The van der Waals surface area contributed by atoms with Gasteiger partial charge in [0.1, 0.15) is 4.60 Å². The topological polar surface area (TPSA) is 57.4 Å². The Bertz CT molecular complexity index is 362. The standard InChI is InChI=1S/C4H4BrClN2.C4H6N2/c1-2-3(6)4(5)8-7-2;1-4-2-3-5-6-4/h1H3,(H,7,8);2-3H,1H3,(H,5,6). The first-order valence-corrected chi connectivity index (χ1v) is 5.10. The summed E-state index contributed by atoms with van der Waals surface area (Å²) >= 11 is 8.79. The van der Waals surface area contributed by atoms with E-state index in [1.807, 2.05) is 19.9 Å². The van der Waals surface area contributed by atoms with Crippen molar-refractivity contribution >= 4 is 27.5 Å². The molecule has 0 saturated heterocycles. The van der Waals surface area contributed by atoms with Gasteiger partial charge in [0, 0.05) is 11.9 Å². The molecule has 0 spiro atoms. The number of aromatic amines is 2. The minimum Gasteiger partial charge on any atom is -0.283 e. The smallest absolute Gasteiger partial charge is 0.146 e. The summed E-state index contributed by atoms with van der Waals surface area (Å²) in [4.78, 5) is 0. The Balaban J connectivity index is 0.000000146. The van der Waals surface area contributed by atoms with Crippen LogP contribution in [0.15, 0.2) is 16.9 Å². The molecule has 4 nitrogen and oxygen atoms in total. The van der Waals surface area contributed by atoms with Gasteiger partial charge in [-0.15, -0.1) is 0 Å². The maximum absolute atomic E-state index is 5.65. The average molecular weight is 278 g/mol. The molecule has 0 aliphatic carbocycles. The van der Waals surface area contributed by atoms with E-state index in [0.29, 0.717) is 9.63 Å². The molecule has 0 aliphatic heterocycles. The molecule has 2 heterocycles. The third kappa shape index (κ3) is 3.16. The van der Waals surface area contributed by atoms with Gasteiger partial charge in [-0.05, 0) is 35.8 Å². The van der Waals surface area contributed by atoms with E-state index >= 15 is 0 Å². The van der Waals surface area contributed by atoms with Crippen molar-refractivity contribution in [3.05, 3.63) is 33.3 Å². The molecule has 0 fully saturated rings. The molecule has 76 valence electrons. The fourth-order valence-corrected chi connectivity index (χ4v) is 1.18. The molecule has 0 radical (unpaired) electrons. The SMILES string of the molecule is Cc1[nH]nc(Br)c1Cl.Cc1ccn[nH]1. The molecule has 0 amide bonds. The molecular weight excluding hydrogens is 267 g/mol. The van der Waals surface area contributed by atoms with Crippen LogP contribution >= 0.6 is 27.5 Å². The summed E-state index contributed by atoms with van der Waals surface area (Å²) < 4.78 is 0.677. The number of hydrogen-bond acceptors (Lipinski definition) is 2. The van der Waals surface area contributed by atoms with Gasteiger partial charge in [0.2, 0.25) is 0 Å². The number of nitrogens with one attached hydrogen (secondary N) is 2. The van der Waals surface area contributed by atoms with Crippen LogP contribution in [0.3, 0.4) is 0 Å². The van der Waals surface area contributed by atoms with E-state index in [9.17, 15) is 0 Å². The third-order valence-corrected chi connectivity index (χ3v) is 2.74. The van der Waals surface area contributed by atoms with E-state index in [1.165, 1.54) is 0 Å². The van der Waals surface area contributed by atoms with E-state index < -0.39 is 0 Å². The van der Waals surface area contributed by atoms with Gasteiger partial charge < -0.3 is 0 Å². The number of hydrogen-bond donors (Lipinski definition) is 2. The number of aryl methyl sites for hydroxylation is 2. The molecule has 0 saturated carbocycles. The van der Waals surface area contributed by atoms with Crippen molar-refractivity contribution in [3.63, 3.8) is 0 Å². The van der Waals surface area contributed by atoms with Crippen molar-refractivity contribution in [2.75, 3.05) is 0 Å². The number of halogens is 2. The lowest BCUT2D eigenvalue weighted by molar-refractivity contribution is 1.03. The van der Waals surface area contributed by atoms with Crippen molar-refractivity contribution in [2.45, 2.75) is 13.8 Å². The van der Waals surface area contributed by atoms with Gasteiger partial charge >= 0.3 is 0 Å². The van der Waals surface area contributed by atoms with Crippen LogP contribution in [-0.2, 0) is 0 Å². The van der Waals surface area contributed by atoms with Gasteiger partial charge in [0.05, 0.1) is 10.7 Å². The van der Waals surface area contributed by atoms with E-state index in [2.05, 4.69) is 36.3 Å². The summed E-state index contributed by atoms with van der Waals surface area (Å²) in [6, 6.07) is 1.92. The van der Waals surface area contributed by atoms with Gasteiger partial charge in [-0.2, -0.15) is 10.2 Å². The van der Waals surface area contributed by atoms with Crippen LogP contribution in [0.1, 0.15) is 11.4 Å². The van der Waals surface area contributed by atoms with Crippen LogP contribution in [0.5, 0.6) is 0 Å². The van der Waals surface area contributed by atoms with Gasteiger partial charge in [0.15, 0.2) is 0 Å². The normalized spacial score (nSPS) is 9.43. The lowest BCUT2D eigenvalue weighted by atomic mass is 10.5. The Labute approximate surface area is 95.2 Å². The molecule has 2 aromatic rings. The zero-order valence-corrected chi connectivity index (χ0v) is 10.1. The highest BCUT2D eigenvalue weighted by Crippen LogP contribution is 2.21. The van der Waals surface area contributed by atoms with E-state index in [1.54, 1.807) is 6.20 Å². The minimum absolute atomic E-state index is 0.657. The molecule has 6 heteroatoms. The molecule has 14 heavy (non-hydrogen) atoms. The second-order valence-electron chi connectivity index (χ2n) is 2.69. The quantitative estimate of drug-likeness (QED) is 0.778. The minimum atomic E-state index is 0.657. The summed E-state index contributed by atoms with van der Waals surface area (Å²) in [5.74, 6) is 0. The second-order valence-corrected chi connectivity index (χ2v) is 3.82. The molecule has 0 bridgehead atoms.